The van der Waals surface area contributed by atoms with Crippen molar-refractivity contribution in [3.8, 4) is 0 Å². The van der Waals surface area contributed by atoms with Crippen LogP contribution in [0.4, 0.5) is 0 Å². The fourth-order valence-corrected chi connectivity index (χ4v) is 2.74. The average Bonchev–Trinajstić information content (AvgIpc) is 2.41. The molecule has 0 spiro atoms. The Balaban J connectivity index is 1.85. The quantitative estimate of drug-likeness (QED) is 0.597. The minimum absolute atomic E-state index is 0.433. The summed E-state index contributed by atoms with van der Waals surface area (Å²) in [5, 5.41) is 0. The predicted molar refractivity (Wildman–Crippen MR) is 76.4 cm³/mol. The van der Waals surface area contributed by atoms with Gasteiger partial charge in [0, 0.05) is 0 Å². The normalized spacial score (nSPS) is 11.3. The van der Waals surface area contributed by atoms with Crippen LogP contribution in [0.25, 0.3) is 6.08 Å². The Morgan fingerprint density at radius 2 is 1.35 bits per heavy atom. The number of rotatable bonds is 4. The summed E-state index contributed by atoms with van der Waals surface area (Å²) in [5.74, 6) is 0. The Morgan fingerprint density at radius 1 is 0.706 bits per heavy atom. The molecule has 2 aromatic carbocycles. The van der Waals surface area contributed by atoms with Gasteiger partial charge in [0.2, 0.25) is 0 Å². The van der Waals surface area contributed by atoms with E-state index in [2.05, 4.69) is 77.8 Å². The van der Waals surface area contributed by atoms with Gasteiger partial charge in [-0.15, -0.1) is 0 Å². The van der Waals surface area contributed by atoms with E-state index in [0.717, 1.165) is 0 Å². The second kappa shape index (κ2) is 6.90. The van der Waals surface area contributed by atoms with E-state index in [1.807, 2.05) is 6.07 Å². The van der Waals surface area contributed by atoms with Gasteiger partial charge in [0.1, 0.15) is 0 Å². The van der Waals surface area contributed by atoms with Crippen molar-refractivity contribution < 1.29 is 0 Å². The number of hydrogen-bond donors (Lipinski definition) is 0. The first-order valence-corrected chi connectivity index (χ1v) is 7.40. The molecule has 84 valence electrons. The van der Waals surface area contributed by atoms with Crippen molar-refractivity contribution >= 4 is 25.5 Å². The Labute approximate surface area is 109 Å². The first-order chi connectivity index (χ1) is 8.45. The molecule has 0 aliphatic carbocycles. The molecule has 0 aliphatic heterocycles. The Hall–Kier alpha value is -1.56. The van der Waals surface area contributed by atoms with E-state index in [1.165, 1.54) is 10.0 Å². The van der Waals surface area contributed by atoms with Gasteiger partial charge in [-0.25, -0.2) is 0 Å². The van der Waals surface area contributed by atoms with E-state index in [0.29, 0.717) is 15.0 Å². The molecule has 0 aliphatic rings. The SMILES string of the molecule is C(C=Cc1ccccc1)=C[Se]c1ccccc1. The molecule has 0 heterocycles. The van der Waals surface area contributed by atoms with E-state index in [4.69, 9.17) is 0 Å². The van der Waals surface area contributed by atoms with Gasteiger partial charge in [0.25, 0.3) is 0 Å². The summed E-state index contributed by atoms with van der Waals surface area (Å²) >= 11 is 0.433. The third kappa shape index (κ3) is 4.44. The van der Waals surface area contributed by atoms with E-state index >= 15 is 0 Å². The van der Waals surface area contributed by atoms with Crippen molar-refractivity contribution in [1.82, 2.24) is 0 Å². The van der Waals surface area contributed by atoms with Crippen molar-refractivity contribution in [2.75, 3.05) is 0 Å². The molecule has 1 heteroatoms. The summed E-state index contributed by atoms with van der Waals surface area (Å²) in [6.45, 7) is 0. The van der Waals surface area contributed by atoms with E-state index in [-0.39, 0.29) is 0 Å². The topological polar surface area (TPSA) is 0 Å². The van der Waals surface area contributed by atoms with Crippen molar-refractivity contribution in [1.29, 1.82) is 0 Å². The molecule has 0 saturated heterocycles. The molecular weight excluding hydrogens is 271 g/mol. The zero-order valence-corrected chi connectivity index (χ0v) is 11.2. The molecule has 17 heavy (non-hydrogen) atoms. The van der Waals surface area contributed by atoms with Gasteiger partial charge in [-0.1, -0.05) is 0 Å². The van der Waals surface area contributed by atoms with E-state index < -0.39 is 0 Å². The third-order valence-electron chi connectivity index (χ3n) is 2.23. The van der Waals surface area contributed by atoms with Crippen molar-refractivity contribution in [3.05, 3.63) is 83.4 Å². The summed E-state index contributed by atoms with van der Waals surface area (Å²) in [7, 11) is 0. The Bertz CT molecular complexity index is 483. The Kier molecular flexibility index (Phi) is 4.84. The molecular formula is C16H14Se. The van der Waals surface area contributed by atoms with E-state index in [1.54, 1.807) is 0 Å². The summed E-state index contributed by atoms with van der Waals surface area (Å²) < 4.78 is 1.41. The molecule has 0 nitrogen and oxygen atoms in total. The molecule has 0 fully saturated rings. The molecule has 0 saturated carbocycles. The van der Waals surface area contributed by atoms with E-state index in [9.17, 15) is 0 Å². The van der Waals surface area contributed by atoms with Crippen molar-refractivity contribution in [2.45, 2.75) is 0 Å². The van der Waals surface area contributed by atoms with Gasteiger partial charge < -0.3 is 0 Å². The second-order valence-corrected chi connectivity index (χ2v) is 5.58. The van der Waals surface area contributed by atoms with Crippen LogP contribution in [0.5, 0.6) is 0 Å². The first kappa shape index (κ1) is 11.9. The second-order valence-electron chi connectivity index (χ2n) is 3.53. The minimum atomic E-state index is 0.433. The van der Waals surface area contributed by atoms with Gasteiger partial charge in [0.15, 0.2) is 0 Å². The predicted octanol–water partition coefficient (Wildman–Crippen LogP) is 3.24. The Morgan fingerprint density at radius 3 is 2.06 bits per heavy atom. The van der Waals surface area contributed by atoms with Crippen LogP contribution < -0.4 is 4.46 Å². The van der Waals surface area contributed by atoms with Gasteiger partial charge in [0.05, 0.1) is 0 Å². The van der Waals surface area contributed by atoms with Crippen LogP contribution in [0.3, 0.4) is 0 Å². The molecule has 0 N–H and O–H groups in total. The van der Waals surface area contributed by atoms with Crippen LogP contribution in [0.1, 0.15) is 5.56 Å². The van der Waals surface area contributed by atoms with Crippen LogP contribution in [-0.2, 0) is 0 Å². The summed E-state index contributed by atoms with van der Waals surface area (Å²) in [6, 6.07) is 20.9. The number of hydrogen-bond acceptors (Lipinski definition) is 0. The van der Waals surface area contributed by atoms with Gasteiger partial charge in [-0.2, -0.15) is 0 Å². The number of benzene rings is 2. The standard InChI is InChI=1S/C16H14Se/c1-3-9-15(10-4-1)11-7-8-14-17-16-12-5-2-6-13-16/h1-14H. The first-order valence-electron chi connectivity index (χ1n) is 5.55. The summed E-state index contributed by atoms with van der Waals surface area (Å²) in [6.07, 6.45) is 6.34. The van der Waals surface area contributed by atoms with Crippen LogP contribution in [-0.4, -0.2) is 15.0 Å². The molecule has 0 bridgehead atoms. The molecule has 2 rings (SSSR count). The molecule has 0 unspecified atom stereocenters. The van der Waals surface area contributed by atoms with Crippen LogP contribution in [0, 0.1) is 0 Å². The molecule has 2 aromatic rings. The zero-order valence-electron chi connectivity index (χ0n) is 9.49. The van der Waals surface area contributed by atoms with Crippen molar-refractivity contribution in [2.24, 2.45) is 0 Å². The summed E-state index contributed by atoms with van der Waals surface area (Å²) in [5.41, 5.74) is 1.24. The molecule has 0 atom stereocenters. The van der Waals surface area contributed by atoms with Crippen LogP contribution >= 0.6 is 0 Å². The molecule has 0 radical (unpaired) electrons. The van der Waals surface area contributed by atoms with Gasteiger partial charge in [-0.05, 0) is 0 Å². The van der Waals surface area contributed by atoms with Crippen LogP contribution in [0.2, 0.25) is 0 Å². The monoisotopic (exact) mass is 286 g/mol. The van der Waals surface area contributed by atoms with Crippen molar-refractivity contribution in [3.63, 3.8) is 0 Å². The average molecular weight is 285 g/mol. The fraction of sp³-hybridized carbons (Fsp3) is 0. The van der Waals surface area contributed by atoms with Crippen LogP contribution in [0.15, 0.2) is 77.8 Å². The fourth-order valence-electron chi connectivity index (χ4n) is 1.39. The van der Waals surface area contributed by atoms with Gasteiger partial charge in [-0.3, -0.25) is 0 Å². The third-order valence-corrected chi connectivity index (χ3v) is 3.98. The summed E-state index contributed by atoms with van der Waals surface area (Å²) in [4.78, 5) is 2.24. The zero-order chi connectivity index (χ0) is 11.8. The molecule has 0 amide bonds. The molecule has 0 aromatic heterocycles. The maximum atomic E-state index is 2.24. The van der Waals surface area contributed by atoms with Gasteiger partial charge >= 0.3 is 109 Å². The maximum absolute atomic E-state index is 2.24. The number of allylic oxidation sites excluding steroid dienone is 2.